The molecule has 216 valence electrons. The van der Waals surface area contributed by atoms with Crippen molar-refractivity contribution in [3.8, 4) is 5.75 Å². The third-order valence-corrected chi connectivity index (χ3v) is 9.00. The van der Waals surface area contributed by atoms with Gasteiger partial charge >= 0.3 is 6.03 Å². The van der Waals surface area contributed by atoms with Crippen LogP contribution in [0, 0.1) is 0 Å². The first-order chi connectivity index (χ1) is 19.4. The topological polar surface area (TPSA) is 58.0 Å². The molecular weight excluding hydrogens is 555 g/mol. The van der Waals surface area contributed by atoms with Gasteiger partial charge in [-0.05, 0) is 69.0 Å². The largest absolute Gasteiger partial charge is 0.493 e. The molecule has 2 atom stereocenters. The minimum Gasteiger partial charge on any atom is -0.493 e. The molecule has 0 radical (unpaired) electrons. The summed E-state index contributed by atoms with van der Waals surface area (Å²) in [5.41, 5.74) is 1.46. The van der Waals surface area contributed by atoms with Crippen LogP contribution in [0.1, 0.15) is 76.8 Å². The Morgan fingerprint density at radius 3 is 2.05 bits per heavy atom. The molecule has 2 aliphatic rings. The van der Waals surface area contributed by atoms with Gasteiger partial charge in [0.05, 0.1) is 12.2 Å². The summed E-state index contributed by atoms with van der Waals surface area (Å²) >= 11 is 12.7. The molecule has 3 aromatic rings. The highest BCUT2D eigenvalue weighted by Crippen LogP contribution is 2.54. The number of aliphatic imine (C=N–C) groups is 1. The zero-order valence-electron chi connectivity index (χ0n) is 24.7. The molecule has 0 N–H and O–H groups in total. The molecule has 41 heavy (non-hydrogen) atoms. The lowest BCUT2D eigenvalue weighted by molar-refractivity contribution is 0.113. The molecule has 0 unspecified atom stereocenters. The third-order valence-electron chi connectivity index (χ3n) is 8.49. The monoisotopic (exact) mass is 592 g/mol. The lowest BCUT2D eigenvalue weighted by Crippen LogP contribution is -2.58. The first kappa shape index (κ1) is 29.4. The van der Waals surface area contributed by atoms with E-state index in [0.29, 0.717) is 46.9 Å². The molecule has 2 aromatic carbocycles. The highest BCUT2D eigenvalue weighted by Gasteiger charge is 2.60. The van der Waals surface area contributed by atoms with E-state index in [1.54, 1.807) is 0 Å². The van der Waals surface area contributed by atoms with Gasteiger partial charge < -0.3 is 9.64 Å². The molecule has 0 aliphatic carbocycles. The van der Waals surface area contributed by atoms with Crippen LogP contribution in [0.5, 0.6) is 5.75 Å². The Hall–Kier alpha value is -3.09. The standard InChI is InChI=1S/C33H38Cl2N4O2/c1-7-41-27-20-28(31(2,3)4)36-21-26(27)29-37-32(5,22-10-14-24(34)15-11-22)33(6,23-12-16-25(35)17-13-23)39(29)30(40)38-18-8-9-19-38/h10-17,20-21H,7-9,18-19H2,1-6H3/t32-,33+/m0/s1. The van der Waals surface area contributed by atoms with E-state index < -0.39 is 11.1 Å². The summed E-state index contributed by atoms with van der Waals surface area (Å²) in [5, 5.41) is 1.26. The molecule has 1 aromatic heterocycles. The quantitative estimate of drug-likeness (QED) is 0.300. The molecule has 1 saturated heterocycles. The van der Waals surface area contributed by atoms with E-state index in [-0.39, 0.29) is 11.4 Å². The molecule has 1 fully saturated rings. The number of pyridine rings is 1. The van der Waals surface area contributed by atoms with E-state index >= 15 is 0 Å². The van der Waals surface area contributed by atoms with Crippen LogP contribution in [0.15, 0.2) is 65.8 Å². The third kappa shape index (κ3) is 5.10. The number of nitrogens with zero attached hydrogens (tertiary/aromatic N) is 4. The first-order valence-corrected chi connectivity index (χ1v) is 15.0. The Morgan fingerprint density at radius 1 is 0.951 bits per heavy atom. The molecule has 0 spiro atoms. The van der Waals surface area contributed by atoms with Gasteiger partial charge in [-0.3, -0.25) is 14.9 Å². The van der Waals surface area contributed by atoms with Gasteiger partial charge in [-0.1, -0.05) is 68.2 Å². The summed E-state index contributed by atoms with van der Waals surface area (Å²) in [6.45, 7) is 14.4. The zero-order chi connectivity index (χ0) is 29.6. The van der Waals surface area contributed by atoms with Gasteiger partial charge in [0, 0.05) is 46.5 Å². The van der Waals surface area contributed by atoms with Crippen molar-refractivity contribution in [3.63, 3.8) is 0 Å². The number of amides is 2. The van der Waals surface area contributed by atoms with Crippen LogP contribution >= 0.6 is 23.2 Å². The van der Waals surface area contributed by atoms with Gasteiger partial charge in [0.25, 0.3) is 0 Å². The molecule has 8 heteroatoms. The number of benzene rings is 2. The van der Waals surface area contributed by atoms with Crippen molar-refractivity contribution < 1.29 is 9.53 Å². The Labute approximate surface area is 253 Å². The first-order valence-electron chi connectivity index (χ1n) is 14.2. The van der Waals surface area contributed by atoms with Crippen molar-refractivity contribution in [2.45, 2.75) is 70.9 Å². The Kier molecular flexibility index (Phi) is 7.86. The van der Waals surface area contributed by atoms with Crippen LogP contribution in [0.25, 0.3) is 0 Å². The van der Waals surface area contributed by atoms with Gasteiger partial charge in [0.1, 0.15) is 22.7 Å². The van der Waals surface area contributed by atoms with E-state index in [4.69, 9.17) is 37.9 Å². The maximum Gasteiger partial charge on any atom is 0.326 e. The van der Waals surface area contributed by atoms with Crippen LogP contribution in [-0.2, 0) is 16.5 Å². The van der Waals surface area contributed by atoms with Crippen molar-refractivity contribution in [3.05, 3.63) is 93.2 Å². The Morgan fingerprint density at radius 2 is 1.51 bits per heavy atom. The number of carbonyl (C=O) groups is 1. The lowest BCUT2D eigenvalue weighted by atomic mass is 9.71. The number of ether oxygens (including phenoxy) is 1. The summed E-state index contributed by atoms with van der Waals surface area (Å²) in [5.74, 6) is 1.19. The fourth-order valence-corrected chi connectivity index (χ4v) is 6.16. The molecule has 2 amide bonds. The fourth-order valence-electron chi connectivity index (χ4n) is 5.91. The SMILES string of the molecule is CCOc1cc(C(C)(C)C)ncc1C1=N[C@@](C)(c2ccc(Cl)cc2)[C@@](C)(c2ccc(Cl)cc2)N1C(=O)N1CCCC1. The summed E-state index contributed by atoms with van der Waals surface area (Å²) in [4.78, 5) is 28.7. The van der Waals surface area contributed by atoms with Crippen molar-refractivity contribution in [1.29, 1.82) is 0 Å². The fraction of sp³-hybridized carbons (Fsp3) is 0.424. The summed E-state index contributed by atoms with van der Waals surface area (Å²) in [6.07, 6.45) is 3.76. The number of likely N-dealkylation sites (tertiary alicyclic amines) is 1. The van der Waals surface area contributed by atoms with E-state index in [9.17, 15) is 4.79 Å². The number of hydrogen-bond donors (Lipinski definition) is 0. The number of carbonyl (C=O) groups excluding carboxylic acids is 1. The van der Waals surface area contributed by atoms with Crippen molar-refractivity contribution >= 4 is 35.1 Å². The molecular formula is C33H38Cl2N4O2. The van der Waals surface area contributed by atoms with Crippen LogP contribution in [0.3, 0.4) is 0 Å². The molecule has 0 saturated carbocycles. The average Bonchev–Trinajstić information content (AvgIpc) is 3.55. The van der Waals surface area contributed by atoms with Crippen molar-refractivity contribution in [2.24, 2.45) is 4.99 Å². The van der Waals surface area contributed by atoms with Crippen LogP contribution in [-0.4, -0.2) is 46.3 Å². The minimum atomic E-state index is -0.924. The Balaban J connectivity index is 1.81. The number of aromatic nitrogens is 1. The van der Waals surface area contributed by atoms with Gasteiger partial charge in [-0.15, -0.1) is 0 Å². The van der Waals surface area contributed by atoms with Crippen LogP contribution < -0.4 is 4.74 Å². The summed E-state index contributed by atoms with van der Waals surface area (Å²) < 4.78 is 6.21. The number of rotatable bonds is 5. The molecule has 5 rings (SSSR count). The highest BCUT2D eigenvalue weighted by molar-refractivity contribution is 6.30. The number of urea groups is 1. The number of hydrogen-bond acceptors (Lipinski definition) is 4. The van der Waals surface area contributed by atoms with Crippen molar-refractivity contribution in [1.82, 2.24) is 14.8 Å². The minimum absolute atomic E-state index is 0.0845. The maximum atomic E-state index is 14.6. The normalized spacial score (nSPS) is 22.7. The molecule has 0 bridgehead atoms. The predicted molar refractivity (Wildman–Crippen MR) is 166 cm³/mol. The summed E-state index contributed by atoms with van der Waals surface area (Å²) in [7, 11) is 0. The average molecular weight is 594 g/mol. The predicted octanol–water partition coefficient (Wildman–Crippen LogP) is 8.19. The van der Waals surface area contributed by atoms with Crippen LogP contribution in [0.2, 0.25) is 10.0 Å². The Bertz CT molecular complexity index is 1460. The van der Waals surface area contributed by atoms with Gasteiger partial charge in [0.2, 0.25) is 0 Å². The maximum absolute atomic E-state index is 14.6. The summed E-state index contributed by atoms with van der Waals surface area (Å²) in [6, 6.07) is 17.3. The second kappa shape index (κ2) is 11.0. The smallest absolute Gasteiger partial charge is 0.326 e. The van der Waals surface area contributed by atoms with Gasteiger partial charge in [-0.25, -0.2) is 4.79 Å². The van der Waals surface area contributed by atoms with E-state index in [1.807, 2.05) is 77.5 Å². The van der Waals surface area contributed by atoms with Gasteiger partial charge in [-0.2, -0.15) is 0 Å². The second-order valence-corrected chi connectivity index (χ2v) is 13.0. The molecule has 2 aliphatic heterocycles. The van der Waals surface area contributed by atoms with Crippen molar-refractivity contribution in [2.75, 3.05) is 19.7 Å². The molecule has 3 heterocycles. The second-order valence-electron chi connectivity index (χ2n) is 12.2. The van der Waals surface area contributed by atoms with Crippen LogP contribution in [0.4, 0.5) is 4.79 Å². The lowest BCUT2D eigenvalue weighted by Gasteiger charge is -2.46. The van der Waals surface area contributed by atoms with Gasteiger partial charge in [0.15, 0.2) is 0 Å². The van der Waals surface area contributed by atoms with E-state index in [2.05, 4.69) is 34.6 Å². The molecule has 6 nitrogen and oxygen atoms in total. The van der Waals surface area contributed by atoms with E-state index in [0.717, 1.165) is 29.7 Å². The number of amidine groups is 1. The van der Waals surface area contributed by atoms with E-state index in [1.165, 1.54) is 0 Å². The highest BCUT2D eigenvalue weighted by atomic mass is 35.5. The number of halogens is 2. The zero-order valence-corrected chi connectivity index (χ0v) is 26.2.